The fourth-order valence-electron chi connectivity index (χ4n) is 2.38. The number of hydrogen-bond acceptors (Lipinski definition) is 2. The number of nitrogens with zero attached hydrogens (tertiary/aromatic N) is 2. The second kappa shape index (κ2) is 8.90. The summed E-state index contributed by atoms with van der Waals surface area (Å²) >= 11 is 11.9. The number of aromatic nitrogens is 1. The third-order valence-electron chi connectivity index (χ3n) is 3.58. The highest BCUT2D eigenvalue weighted by Crippen LogP contribution is 2.23. The second-order valence-corrected chi connectivity index (χ2v) is 6.23. The van der Waals surface area contributed by atoms with Gasteiger partial charge in [-0.2, -0.15) is 0 Å². The van der Waals surface area contributed by atoms with Gasteiger partial charge in [0.1, 0.15) is 0 Å². The van der Waals surface area contributed by atoms with E-state index in [9.17, 15) is 4.79 Å². The van der Waals surface area contributed by atoms with Crippen LogP contribution in [0.2, 0.25) is 10.0 Å². The minimum atomic E-state index is 0.106. The molecule has 2 aromatic rings. The van der Waals surface area contributed by atoms with Crippen LogP contribution < -0.4 is 0 Å². The van der Waals surface area contributed by atoms with Crippen molar-refractivity contribution in [3.8, 4) is 0 Å². The van der Waals surface area contributed by atoms with Gasteiger partial charge in [-0.05, 0) is 42.2 Å². The highest BCUT2D eigenvalue weighted by molar-refractivity contribution is 6.42. The number of carbonyl (C=O) groups excluding carboxylic acids is 1. The SMILES string of the molecule is CCCN(CCc1cccnc1)C(=O)Cc1ccc(Cl)c(Cl)c1. The topological polar surface area (TPSA) is 33.2 Å². The first-order valence-corrected chi connectivity index (χ1v) is 8.46. The summed E-state index contributed by atoms with van der Waals surface area (Å²) in [5, 5.41) is 0.985. The fourth-order valence-corrected chi connectivity index (χ4v) is 2.70. The predicted molar refractivity (Wildman–Crippen MR) is 95.0 cm³/mol. The highest BCUT2D eigenvalue weighted by atomic mass is 35.5. The average Bonchev–Trinajstić information content (AvgIpc) is 2.55. The molecule has 0 saturated heterocycles. The third-order valence-corrected chi connectivity index (χ3v) is 4.32. The number of amides is 1. The summed E-state index contributed by atoms with van der Waals surface area (Å²) in [4.78, 5) is 18.6. The smallest absolute Gasteiger partial charge is 0.227 e. The maximum atomic E-state index is 12.6. The van der Waals surface area contributed by atoms with Crippen LogP contribution in [-0.2, 0) is 17.6 Å². The van der Waals surface area contributed by atoms with Gasteiger partial charge in [0.05, 0.1) is 16.5 Å². The molecular formula is C18H20Cl2N2O. The van der Waals surface area contributed by atoms with Crippen LogP contribution in [0.25, 0.3) is 0 Å². The minimum Gasteiger partial charge on any atom is -0.342 e. The summed E-state index contributed by atoms with van der Waals surface area (Å²) in [6.45, 7) is 3.52. The Balaban J connectivity index is 1.98. The Kier molecular flexibility index (Phi) is 6.87. The van der Waals surface area contributed by atoms with Gasteiger partial charge in [0.25, 0.3) is 0 Å². The number of benzene rings is 1. The van der Waals surface area contributed by atoms with Gasteiger partial charge in [-0.25, -0.2) is 0 Å². The lowest BCUT2D eigenvalue weighted by atomic mass is 10.1. The van der Waals surface area contributed by atoms with Crippen LogP contribution in [-0.4, -0.2) is 28.9 Å². The number of hydrogen-bond donors (Lipinski definition) is 0. The fraction of sp³-hybridized carbons (Fsp3) is 0.333. The Labute approximate surface area is 147 Å². The lowest BCUT2D eigenvalue weighted by Gasteiger charge is -2.22. The maximum absolute atomic E-state index is 12.6. The molecule has 5 heteroatoms. The Bertz CT molecular complexity index is 647. The number of pyridine rings is 1. The van der Waals surface area contributed by atoms with Gasteiger partial charge in [-0.3, -0.25) is 9.78 Å². The van der Waals surface area contributed by atoms with Crippen LogP contribution in [0.4, 0.5) is 0 Å². The summed E-state index contributed by atoms with van der Waals surface area (Å²) in [6, 6.07) is 9.27. The first-order chi connectivity index (χ1) is 11.1. The third kappa shape index (κ3) is 5.52. The molecule has 0 saturated carbocycles. The summed E-state index contributed by atoms with van der Waals surface area (Å²) in [6.07, 6.45) is 5.67. The predicted octanol–water partition coefficient (Wildman–Crippen LogP) is 4.41. The molecule has 0 bridgehead atoms. The zero-order valence-corrected chi connectivity index (χ0v) is 14.6. The van der Waals surface area contributed by atoms with E-state index in [1.807, 2.05) is 29.3 Å². The molecule has 1 heterocycles. The van der Waals surface area contributed by atoms with E-state index in [1.54, 1.807) is 18.3 Å². The summed E-state index contributed by atoms with van der Waals surface area (Å²) in [5.74, 6) is 0.106. The van der Waals surface area contributed by atoms with Gasteiger partial charge in [-0.15, -0.1) is 0 Å². The molecule has 0 unspecified atom stereocenters. The van der Waals surface area contributed by atoms with E-state index in [0.29, 0.717) is 23.0 Å². The van der Waals surface area contributed by atoms with E-state index in [1.165, 1.54) is 0 Å². The van der Waals surface area contributed by atoms with Crippen LogP contribution >= 0.6 is 23.2 Å². The van der Waals surface area contributed by atoms with E-state index < -0.39 is 0 Å². The van der Waals surface area contributed by atoms with Gasteiger partial charge in [0.15, 0.2) is 0 Å². The molecule has 0 fully saturated rings. The number of rotatable bonds is 7. The van der Waals surface area contributed by atoms with Gasteiger partial charge >= 0.3 is 0 Å². The first-order valence-electron chi connectivity index (χ1n) is 7.70. The van der Waals surface area contributed by atoms with Crippen molar-refractivity contribution in [3.63, 3.8) is 0 Å². The van der Waals surface area contributed by atoms with Gasteiger partial charge in [-0.1, -0.05) is 42.3 Å². The molecule has 0 atom stereocenters. The van der Waals surface area contributed by atoms with Crippen molar-refractivity contribution in [2.45, 2.75) is 26.2 Å². The van der Waals surface area contributed by atoms with Crippen molar-refractivity contribution in [3.05, 3.63) is 63.9 Å². The summed E-state index contributed by atoms with van der Waals surface area (Å²) < 4.78 is 0. The van der Waals surface area contributed by atoms with Crippen LogP contribution in [0.15, 0.2) is 42.7 Å². The molecule has 1 aromatic carbocycles. The Morgan fingerprint density at radius 3 is 2.61 bits per heavy atom. The highest BCUT2D eigenvalue weighted by Gasteiger charge is 2.14. The molecule has 122 valence electrons. The molecule has 0 aliphatic rings. The Morgan fingerprint density at radius 1 is 1.13 bits per heavy atom. The maximum Gasteiger partial charge on any atom is 0.227 e. The molecule has 0 N–H and O–H groups in total. The van der Waals surface area contributed by atoms with Crippen LogP contribution in [0.1, 0.15) is 24.5 Å². The average molecular weight is 351 g/mol. The zero-order valence-electron chi connectivity index (χ0n) is 13.1. The molecule has 23 heavy (non-hydrogen) atoms. The van der Waals surface area contributed by atoms with E-state index in [0.717, 1.165) is 30.5 Å². The van der Waals surface area contributed by atoms with Crippen LogP contribution in [0.3, 0.4) is 0 Å². The monoisotopic (exact) mass is 350 g/mol. The van der Waals surface area contributed by atoms with E-state index in [2.05, 4.69) is 11.9 Å². The first kappa shape index (κ1) is 17.8. The number of carbonyl (C=O) groups is 1. The second-order valence-electron chi connectivity index (χ2n) is 5.42. The van der Waals surface area contributed by atoms with Crippen molar-refractivity contribution in [2.75, 3.05) is 13.1 Å². The largest absolute Gasteiger partial charge is 0.342 e. The molecule has 3 nitrogen and oxygen atoms in total. The standard InChI is InChI=1S/C18H20Cl2N2O/c1-2-9-22(10-7-14-4-3-8-21-13-14)18(23)12-15-5-6-16(19)17(20)11-15/h3-6,8,11,13H,2,7,9-10,12H2,1H3. The molecule has 0 spiro atoms. The van der Waals surface area contributed by atoms with Gasteiger partial charge in [0.2, 0.25) is 5.91 Å². The molecule has 0 radical (unpaired) electrons. The lowest BCUT2D eigenvalue weighted by molar-refractivity contribution is -0.130. The lowest BCUT2D eigenvalue weighted by Crippen LogP contribution is -2.34. The van der Waals surface area contributed by atoms with Crippen LogP contribution in [0, 0.1) is 0 Å². The van der Waals surface area contributed by atoms with Crippen molar-refractivity contribution < 1.29 is 4.79 Å². The van der Waals surface area contributed by atoms with Crippen molar-refractivity contribution in [2.24, 2.45) is 0 Å². The van der Waals surface area contributed by atoms with Crippen molar-refractivity contribution in [1.82, 2.24) is 9.88 Å². The van der Waals surface area contributed by atoms with E-state index >= 15 is 0 Å². The van der Waals surface area contributed by atoms with Gasteiger partial charge in [0, 0.05) is 25.5 Å². The molecular weight excluding hydrogens is 331 g/mol. The molecule has 0 aliphatic carbocycles. The van der Waals surface area contributed by atoms with Crippen molar-refractivity contribution in [1.29, 1.82) is 0 Å². The Hall–Kier alpha value is -1.58. The normalized spacial score (nSPS) is 10.6. The van der Waals surface area contributed by atoms with Crippen molar-refractivity contribution >= 4 is 29.1 Å². The van der Waals surface area contributed by atoms with E-state index in [-0.39, 0.29) is 5.91 Å². The Morgan fingerprint density at radius 2 is 1.96 bits per heavy atom. The molecule has 1 amide bonds. The molecule has 1 aromatic heterocycles. The van der Waals surface area contributed by atoms with E-state index in [4.69, 9.17) is 23.2 Å². The minimum absolute atomic E-state index is 0.106. The van der Waals surface area contributed by atoms with Crippen LogP contribution in [0.5, 0.6) is 0 Å². The number of halogens is 2. The summed E-state index contributed by atoms with van der Waals surface area (Å²) in [7, 11) is 0. The zero-order chi connectivity index (χ0) is 16.7. The molecule has 2 rings (SSSR count). The summed E-state index contributed by atoms with van der Waals surface area (Å²) in [5.41, 5.74) is 2.02. The molecule has 0 aliphatic heterocycles. The quantitative estimate of drug-likeness (QED) is 0.740. The van der Waals surface area contributed by atoms with Gasteiger partial charge < -0.3 is 4.90 Å².